The molecule has 3 rings (SSSR count). The monoisotopic (exact) mass is 372 g/mol. The van der Waals surface area contributed by atoms with Crippen LogP contribution in [0.3, 0.4) is 0 Å². The summed E-state index contributed by atoms with van der Waals surface area (Å²) in [6.45, 7) is 6.79. The van der Waals surface area contributed by atoms with E-state index < -0.39 is 5.41 Å². The number of hydrogen-bond donors (Lipinski definition) is 0. The number of aromatic nitrogens is 3. The molecule has 0 atom stereocenters. The Morgan fingerprint density at radius 3 is 2.67 bits per heavy atom. The van der Waals surface area contributed by atoms with Gasteiger partial charge in [0.05, 0.1) is 5.92 Å². The lowest BCUT2D eigenvalue weighted by Crippen LogP contribution is -2.45. The molecule has 0 unspecified atom stereocenters. The number of likely N-dealkylation sites (tertiary alicyclic amines) is 1. The van der Waals surface area contributed by atoms with Crippen LogP contribution in [0.4, 0.5) is 0 Å². The predicted octanol–water partition coefficient (Wildman–Crippen LogP) is 2.46. The molecule has 1 amide bonds. The molecule has 2 aromatic rings. The van der Waals surface area contributed by atoms with Crippen molar-refractivity contribution in [2.45, 2.75) is 40.2 Å². The SMILES string of the molecule is CC(C)(C)C(=O)N1CCC(C(=O)OCc2nc(-c3cccnc3)no2)CC1. The van der Waals surface area contributed by atoms with E-state index in [1.54, 1.807) is 18.5 Å². The maximum atomic E-state index is 12.3. The molecule has 0 saturated carbocycles. The third kappa shape index (κ3) is 4.69. The van der Waals surface area contributed by atoms with E-state index in [1.165, 1.54) is 0 Å². The normalized spacial score (nSPS) is 15.6. The van der Waals surface area contributed by atoms with Crippen molar-refractivity contribution in [1.82, 2.24) is 20.0 Å². The molecule has 3 heterocycles. The van der Waals surface area contributed by atoms with Crippen molar-refractivity contribution in [3.05, 3.63) is 30.4 Å². The van der Waals surface area contributed by atoms with E-state index in [4.69, 9.17) is 9.26 Å². The van der Waals surface area contributed by atoms with Crippen LogP contribution in [-0.2, 0) is 20.9 Å². The van der Waals surface area contributed by atoms with Crippen LogP contribution in [0.5, 0.6) is 0 Å². The molecule has 2 aromatic heterocycles. The van der Waals surface area contributed by atoms with Gasteiger partial charge in [0.1, 0.15) is 0 Å². The number of carbonyl (C=O) groups excluding carboxylic acids is 2. The summed E-state index contributed by atoms with van der Waals surface area (Å²) in [5, 5.41) is 3.87. The Hall–Kier alpha value is -2.77. The third-order valence-corrected chi connectivity index (χ3v) is 4.48. The van der Waals surface area contributed by atoms with Crippen LogP contribution in [0.1, 0.15) is 39.5 Å². The second kappa shape index (κ2) is 7.85. The summed E-state index contributed by atoms with van der Waals surface area (Å²) >= 11 is 0. The summed E-state index contributed by atoms with van der Waals surface area (Å²) in [5.41, 5.74) is 0.326. The molecule has 0 spiro atoms. The first-order chi connectivity index (χ1) is 12.8. The quantitative estimate of drug-likeness (QED) is 0.760. The number of hydrogen-bond acceptors (Lipinski definition) is 7. The van der Waals surface area contributed by atoms with Crippen LogP contribution in [0.2, 0.25) is 0 Å². The first kappa shape index (κ1) is 19.0. The van der Waals surface area contributed by atoms with Crippen molar-refractivity contribution < 1.29 is 18.8 Å². The van der Waals surface area contributed by atoms with Crippen molar-refractivity contribution in [2.24, 2.45) is 11.3 Å². The molecule has 1 aliphatic rings. The molecule has 1 aliphatic heterocycles. The zero-order valence-corrected chi connectivity index (χ0v) is 15.8. The molecule has 0 aliphatic carbocycles. The van der Waals surface area contributed by atoms with E-state index in [0.717, 1.165) is 5.56 Å². The average molecular weight is 372 g/mol. The topological polar surface area (TPSA) is 98.4 Å². The Morgan fingerprint density at radius 1 is 1.30 bits per heavy atom. The number of nitrogens with zero attached hydrogens (tertiary/aromatic N) is 4. The van der Waals surface area contributed by atoms with Crippen LogP contribution in [0.15, 0.2) is 29.0 Å². The Balaban J connectivity index is 1.48. The molecule has 0 N–H and O–H groups in total. The number of ether oxygens (including phenoxy) is 1. The van der Waals surface area contributed by atoms with Gasteiger partial charge in [0.15, 0.2) is 6.61 Å². The number of amides is 1. The highest BCUT2D eigenvalue weighted by Crippen LogP contribution is 2.24. The average Bonchev–Trinajstić information content (AvgIpc) is 3.15. The van der Waals surface area contributed by atoms with E-state index in [9.17, 15) is 9.59 Å². The first-order valence-electron chi connectivity index (χ1n) is 9.03. The third-order valence-electron chi connectivity index (χ3n) is 4.48. The van der Waals surface area contributed by atoms with E-state index >= 15 is 0 Å². The molecule has 8 nitrogen and oxygen atoms in total. The molecular weight excluding hydrogens is 348 g/mol. The van der Waals surface area contributed by atoms with Gasteiger partial charge in [-0.05, 0) is 25.0 Å². The van der Waals surface area contributed by atoms with Gasteiger partial charge in [0.2, 0.25) is 11.7 Å². The number of carbonyl (C=O) groups is 2. The molecule has 1 saturated heterocycles. The molecule has 0 bridgehead atoms. The van der Waals surface area contributed by atoms with Crippen molar-refractivity contribution in [1.29, 1.82) is 0 Å². The molecular formula is C19H24N4O4. The minimum Gasteiger partial charge on any atom is -0.455 e. The van der Waals surface area contributed by atoms with Gasteiger partial charge in [-0.3, -0.25) is 14.6 Å². The summed E-state index contributed by atoms with van der Waals surface area (Å²) < 4.78 is 10.4. The highest BCUT2D eigenvalue weighted by atomic mass is 16.6. The molecule has 8 heteroatoms. The van der Waals surface area contributed by atoms with Gasteiger partial charge in [-0.2, -0.15) is 4.98 Å². The van der Waals surface area contributed by atoms with Gasteiger partial charge >= 0.3 is 5.97 Å². The Kier molecular flexibility index (Phi) is 5.53. The summed E-state index contributed by atoms with van der Waals surface area (Å²) in [7, 11) is 0. The highest BCUT2D eigenvalue weighted by molar-refractivity contribution is 5.82. The molecule has 27 heavy (non-hydrogen) atoms. The minimum absolute atomic E-state index is 0.0623. The van der Waals surface area contributed by atoms with E-state index in [-0.39, 0.29) is 30.3 Å². The van der Waals surface area contributed by atoms with Crippen molar-refractivity contribution in [3.8, 4) is 11.4 Å². The van der Waals surface area contributed by atoms with E-state index in [2.05, 4.69) is 15.1 Å². The van der Waals surface area contributed by atoms with Crippen LogP contribution in [0.25, 0.3) is 11.4 Å². The molecule has 1 fully saturated rings. The zero-order valence-electron chi connectivity index (χ0n) is 15.8. The minimum atomic E-state index is -0.405. The highest BCUT2D eigenvalue weighted by Gasteiger charge is 2.33. The van der Waals surface area contributed by atoms with E-state index in [1.807, 2.05) is 31.7 Å². The Bertz CT molecular complexity index is 790. The Morgan fingerprint density at radius 2 is 2.04 bits per heavy atom. The number of esters is 1. The fourth-order valence-corrected chi connectivity index (χ4v) is 2.97. The zero-order chi connectivity index (χ0) is 19.4. The van der Waals surface area contributed by atoms with E-state index in [0.29, 0.717) is 31.8 Å². The summed E-state index contributed by atoms with van der Waals surface area (Å²) in [6, 6.07) is 3.60. The lowest BCUT2D eigenvalue weighted by atomic mass is 9.91. The van der Waals surface area contributed by atoms with Crippen LogP contribution >= 0.6 is 0 Å². The van der Waals surface area contributed by atoms with Gasteiger partial charge in [-0.25, -0.2) is 0 Å². The summed E-state index contributed by atoms with van der Waals surface area (Å²) in [5.74, 6) is 0.252. The maximum absolute atomic E-state index is 12.3. The largest absolute Gasteiger partial charge is 0.455 e. The van der Waals surface area contributed by atoms with Crippen LogP contribution < -0.4 is 0 Å². The molecule has 144 valence electrons. The lowest BCUT2D eigenvalue weighted by Gasteiger charge is -2.34. The molecule has 0 radical (unpaired) electrons. The second-order valence-electron chi connectivity index (χ2n) is 7.68. The number of pyridine rings is 1. The molecule has 0 aromatic carbocycles. The number of piperidine rings is 1. The van der Waals surface area contributed by atoms with Crippen molar-refractivity contribution in [2.75, 3.05) is 13.1 Å². The van der Waals surface area contributed by atoms with Crippen molar-refractivity contribution >= 4 is 11.9 Å². The van der Waals surface area contributed by atoms with Crippen LogP contribution in [-0.4, -0.2) is 45.0 Å². The van der Waals surface area contributed by atoms with Gasteiger partial charge < -0.3 is 14.2 Å². The predicted molar refractivity (Wildman–Crippen MR) is 96.1 cm³/mol. The van der Waals surface area contributed by atoms with Gasteiger partial charge in [-0.1, -0.05) is 25.9 Å². The lowest BCUT2D eigenvalue weighted by molar-refractivity contribution is -0.154. The standard InChI is InChI=1S/C19H24N4O4/c1-19(2,3)18(25)23-9-6-13(7-10-23)17(24)26-12-15-21-16(22-27-15)14-5-4-8-20-11-14/h4-5,8,11,13H,6-7,9-10,12H2,1-3H3. The Labute approximate surface area is 157 Å². The van der Waals surface area contributed by atoms with Gasteiger partial charge in [0, 0.05) is 36.5 Å². The fraction of sp³-hybridized carbons (Fsp3) is 0.526. The smallest absolute Gasteiger partial charge is 0.309 e. The van der Waals surface area contributed by atoms with Crippen LogP contribution in [0, 0.1) is 11.3 Å². The maximum Gasteiger partial charge on any atom is 0.309 e. The second-order valence-corrected chi connectivity index (χ2v) is 7.68. The summed E-state index contributed by atoms with van der Waals surface area (Å²) in [4.78, 5) is 34.6. The first-order valence-corrected chi connectivity index (χ1v) is 9.03. The fourth-order valence-electron chi connectivity index (χ4n) is 2.97. The summed E-state index contributed by atoms with van der Waals surface area (Å²) in [6.07, 6.45) is 4.50. The number of rotatable bonds is 4. The van der Waals surface area contributed by atoms with Crippen molar-refractivity contribution in [3.63, 3.8) is 0 Å². The van der Waals surface area contributed by atoms with Gasteiger partial charge in [0.25, 0.3) is 5.89 Å². The van der Waals surface area contributed by atoms with Gasteiger partial charge in [-0.15, -0.1) is 0 Å².